The second-order valence-corrected chi connectivity index (χ2v) is 8.40. The minimum absolute atomic E-state index is 0.0859. The Labute approximate surface area is 186 Å². The fraction of sp³-hybridized carbons (Fsp3) is 0.0476. The summed E-state index contributed by atoms with van der Waals surface area (Å²) in [7, 11) is 0. The number of hydrogen-bond donors (Lipinski definition) is 0. The molecule has 0 spiro atoms. The van der Waals surface area contributed by atoms with Crippen LogP contribution < -0.4 is 5.11 Å². The molecule has 2 aromatic heterocycles. The van der Waals surface area contributed by atoms with Crippen molar-refractivity contribution in [2.24, 2.45) is 0 Å². The average Bonchev–Trinajstić information content (AvgIpc) is 3.29. The highest BCUT2D eigenvalue weighted by Crippen LogP contribution is 2.34. The lowest BCUT2D eigenvalue weighted by atomic mass is 10.1. The molecule has 0 radical (unpaired) electrons. The number of amides is 1. The first-order valence-corrected chi connectivity index (χ1v) is 10.3. The van der Waals surface area contributed by atoms with Gasteiger partial charge in [-0.1, -0.05) is 41.6 Å². The zero-order valence-corrected chi connectivity index (χ0v) is 17.6. The molecule has 0 aliphatic carbocycles. The number of aromatic nitrogens is 1. The molecule has 30 heavy (non-hydrogen) atoms. The topological polar surface area (TPSA) is 86.5 Å². The van der Waals surface area contributed by atoms with E-state index >= 15 is 0 Å². The highest BCUT2D eigenvalue weighted by molar-refractivity contribution is 8.26. The maximum absolute atomic E-state index is 12.8. The SMILES string of the molecule is O=C([O-])c1cc(-c2ccc(/C=C3\SC(=S)N(Cc4cccnc4)C3=O)o2)ccc1Cl. The lowest BCUT2D eigenvalue weighted by Gasteiger charge is -2.13. The minimum atomic E-state index is -1.37. The molecule has 3 heterocycles. The van der Waals surface area contributed by atoms with Gasteiger partial charge in [0.1, 0.15) is 15.8 Å². The summed E-state index contributed by atoms with van der Waals surface area (Å²) in [5, 5.41) is 11.3. The van der Waals surface area contributed by atoms with Crippen molar-refractivity contribution >= 4 is 57.9 Å². The Hall–Kier alpha value is -2.94. The molecule has 0 unspecified atom stereocenters. The second-order valence-electron chi connectivity index (χ2n) is 6.31. The Balaban J connectivity index is 1.56. The number of furan rings is 1. The van der Waals surface area contributed by atoms with Gasteiger partial charge in [-0.3, -0.25) is 14.7 Å². The van der Waals surface area contributed by atoms with Crippen molar-refractivity contribution in [1.82, 2.24) is 9.88 Å². The normalized spacial score (nSPS) is 15.2. The van der Waals surface area contributed by atoms with Gasteiger partial charge >= 0.3 is 0 Å². The quantitative estimate of drug-likeness (QED) is 0.427. The molecule has 1 fully saturated rings. The lowest BCUT2D eigenvalue weighted by molar-refractivity contribution is -0.255. The first-order valence-electron chi connectivity index (χ1n) is 8.68. The molecule has 4 rings (SSSR count). The van der Waals surface area contributed by atoms with Gasteiger partial charge in [0.2, 0.25) is 0 Å². The molecule has 0 N–H and O–H groups in total. The first-order chi connectivity index (χ1) is 14.4. The first kappa shape index (κ1) is 20.3. The zero-order chi connectivity index (χ0) is 21.3. The third-order valence-electron chi connectivity index (χ3n) is 4.31. The fourth-order valence-corrected chi connectivity index (χ4v) is 4.29. The Bertz CT molecular complexity index is 1190. The molecule has 0 atom stereocenters. The monoisotopic (exact) mass is 455 g/mol. The Morgan fingerprint density at radius 1 is 1.30 bits per heavy atom. The molecule has 1 amide bonds. The van der Waals surface area contributed by atoms with Crippen molar-refractivity contribution in [2.45, 2.75) is 6.54 Å². The summed E-state index contributed by atoms with van der Waals surface area (Å²) in [4.78, 5) is 29.9. The van der Waals surface area contributed by atoms with E-state index in [0.29, 0.717) is 32.9 Å². The molecule has 1 aliphatic heterocycles. The summed E-state index contributed by atoms with van der Waals surface area (Å²) < 4.78 is 6.23. The molecule has 9 heteroatoms. The van der Waals surface area contributed by atoms with E-state index in [0.717, 1.165) is 5.56 Å². The standard InChI is InChI=1S/C21H13ClN2O4S2/c22-16-5-3-13(8-15(16)20(26)27)17-6-4-14(28-17)9-18-19(25)24(21(29)30-18)11-12-2-1-7-23-10-12/h1-10H,11H2,(H,26,27)/p-1/b18-9-. The number of carboxylic acids is 1. The Kier molecular flexibility index (Phi) is 5.72. The van der Waals surface area contributed by atoms with Crippen molar-refractivity contribution in [3.05, 3.63) is 81.7 Å². The van der Waals surface area contributed by atoms with Crippen LogP contribution in [0.15, 0.2) is 64.2 Å². The summed E-state index contributed by atoms with van der Waals surface area (Å²) in [6.45, 7) is 0.343. The van der Waals surface area contributed by atoms with Crippen LogP contribution in [0.2, 0.25) is 5.02 Å². The van der Waals surface area contributed by atoms with Crippen molar-refractivity contribution < 1.29 is 19.1 Å². The number of thiocarbonyl (C=S) groups is 1. The van der Waals surface area contributed by atoms with Crippen LogP contribution in [-0.2, 0) is 11.3 Å². The van der Waals surface area contributed by atoms with Crippen LogP contribution in [0.5, 0.6) is 0 Å². The number of nitrogens with zero attached hydrogens (tertiary/aromatic N) is 2. The van der Waals surface area contributed by atoms with Crippen LogP contribution in [0.25, 0.3) is 17.4 Å². The number of aromatic carboxylic acids is 1. The Morgan fingerprint density at radius 2 is 2.13 bits per heavy atom. The van der Waals surface area contributed by atoms with Gasteiger partial charge in [0.25, 0.3) is 5.91 Å². The van der Waals surface area contributed by atoms with Gasteiger partial charge in [0.15, 0.2) is 0 Å². The molecule has 6 nitrogen and oxygen atoms in total. The average molecular weight is 456 g/mol. The maximum Gasteiger partial charge on any atom is 0.266 e. The minimum Gasteiger partial charge on any atom is -0.545 e. The molecule has 1 aromatic carbocycles. The van der Waals surface area contributed by atoms with E-state index in [1.54, 1.807) is 42.7 Å². The summed E-state index contributed by atoms with van der Waals surface area (Å²) in [6, 6.07) is 11.5. The fourth-order valence-electron chi connectivity index (χ4n) is 2.86. The molecule has 1 saturated heterocycles. The summed E-state index contributed by atoms with van der Waals surface area (Å²) >= 11 is 12.4. The number of thioether (sulfide) groups is 1. The summed E-state index contributed by atoms with van der Waals surface area (Å²) in [5.41, 5.74) is 1.28. The van der Waals surface area contributed by atoms with E-state index in [9.17, 15) is 14.7 Å². The van der Waals surface area contributed by atoms with Crippen LogP contribution in [0, 0.1) is 0 Å². The molecular weight excluding hydrogens is 444 g/mol. The van der Waals surface area contributed by atoms with Gasteiger partial charge in [0.05, 0.1) is 17.4 Å². The zero-order valence-electron chi connectivity index (χ0n) is 15.2. The van der Waals surface area contributed by atoms with Gasteiger partial charge in [-0.15, -0.1) is 0 Å². The third-order valence-corrected chi connectivity index (χ3v) is 6.02. The van der Waals surface area contributed by atoms with Crippen LogP contribution >= 0.6 is 35.6 Å². The number of benzene rings is 1. The predicted octanol–water partition coefficient (Wildman–Crippen LogP) is 3.76. The van der Waals surface area contributed by atoms with Gasteiger partial charge < -0.3 is 14.3 Å². The van der Waals surface area contributed by atoms with Crippen LogP contribution in [0.1, 0.15) is 21.7 Å². The van der Waals surface area contributed by atoms with Gasteiger partial charge in [-0.2, -0.15) is 0 Å². The van der Waals surface area contributed by atoms with Crippen molar-refractivity contribution in [3.63, 3.8) is 0 Å². The third kappa shape index (κ3) is 4.16. The highest BCUT2D eigenvalue weighted by Gasteiger charge is 2.32. The van der Waals surface area contributed by atoms with E-state index in [1.165, 1.54) is 28.8 Å². The molecular formula is C21H12ClN2O4S2-. The molecule has 1 aliphatic rings. The number of halogens is 1. The molecule has 0 saturated carbocycles. The number of pyridine rings is 1. The smallest absolute Gasteiger partial charge is 0.266 e. The van der Waals surface area contributed by atoms with E-state index in [-0.39, 0.29) is 16.5 Å². The summed E-state index contributed by atoms with van der Waals surface area (Å²) in [6.07, 6.45) is 4.97. The number of carbonyl (C=O) groups excluding carboxylic acids is 2. The highest BCUT2D eigenvalue weighted by atomic mass is 35.5. The summed E-state index contributed by atoms with van der Waals surface area (Å²) in [5.74, 6) is -0.702. The maximum atomic E-state index is 12.8. The van der Waals surface area contributed by atoms with Crippen molar-refractivity contribution in [1.29, 1.82) is 0 Å². The van der Waals surface area contributed by atoms with Crippen LogP contribution in [0.3, 0.4) is 0 Å². The molecule has 150 valence electrons. The molecule has 3 aromatic rings. The second kappa shape index (κ2) is 8.43. The predicted molar refractivity (Wildman–Crippen MR) is 116 cm³/mol. The van der Waals surface area contributed by atoms with Crippen LogP contribution in [-0.4, -0.2) is 26.1 Å². The number of carbonyl (C=O) groups is 2. The molecule has 0 bridgehead atoms. The number of carboxylic acid groups (broad SMARTS) is 1. The van der Waals surface area contributed by atoms with E-state index in [2.05, 4.69) is 4.98 Å². The van der Waals surface area contributed by atoms with Gasteiger partial charge in [-0.05, 0) is 42.0 Å². The van der Waals surface area contributed by atoms with E-state index < -0.39 is 5.97 Å². The Morgan fingerprint density at radius 3 is 2.87 bits per heavy atom. The largest absolute Gasteiger partial charge is 0.545 e. The van der Waals surface area contributed by atoms with Gasteiger partial charge in [-0.25, -0.2) is 0 Å². The van der Waals surface area contributed by atoms with Crippen LogP contribution in [0.4, 0.5) is 0 Å². The number of rotatable bonds is 5. The lowest BCUT2D eigenvalue weighted by Crippen LogP contribution is -2.27. The van der Waals surface area contributed by atoms with E-state index in [1.807, 2.05) is 6.07 Å². The van der Waals surface area contributed by atoms with E-state index in [4.69, 9.17) is 28.2 Å². The van der Waals surface area contributed by atoms with Gasteiger partial charge in [0, 0.05) is 34.6 Å². The number of hydrogen-bond acceptors (Lipinski definition) is 7. The van der Waals surface area contributed by atoms with Crippen molar-refractivity contribution in [2.75, 3.05) is 0 Å². The van der Waals surface area contributed by atoms with Crippen molar-refractivity contribution in [3.8, 4) is 11.3 Å².